The second-order valence-electron chi connectivity index (χ2n) is 6.17. The molecule has 1 N–H and O–H groups in total. The summed E-state index contributed by atoms with van der Waals surface area (Å²) in [5, 5.41) is 2.95. The molecule has 0 aliphatic rings. The van der Waals surface area contributed by atoms with Gasteiger partial charge in [-0.05, 0) is 46.9 Å². The molecule has 0 unspecified atom stereocenters. The van der Waals surface area contributed by atoms with Crippen LogP contribution in [0.25, 0.3) is 11.1 Å². The smallest absolute Gasteiger partial charge is 0.255 e. The number of nitrogens with one attached hydrogen (secondary N) is 1. The van der Waals surface area contributed by atoms with Gasteiger partial charge < -0.3 is 5.32 Å². The minimum atomic E-state index is -0.0854. The molecule has 1 amide bonds. The summed E-state index contributed by atoms with van der Waals surface area (Å²) in [5.41, 5.74) is 5.01. The first kappa shape index (κ1) is 16.0. The van der Waals surface area contributed by atoms with E-state index in [-0.39, 0.29) is 5.91 Å². The number of hydrogen-bond acceptors (Lipinski definition) is 1. The summed E-state index contributed by atoms with van der Waals surface area (Å²) in [6.07, 6.45) is 0. The number of amides is 1. The van der Waals surface area contributed by atoms with Crippen LogP contribution in [0.15, 0.2) is 78.9 Å². The normalized spacial score (nSPS) is 10.6. The molecular weight excluding hydrogens is 294 g/mol. The number of benzene rings is 3. The molecule has 24 heavy (non-hydrogen) atoms. The maximum atomic E-state index is 12.3. The highest BCUT2D eigenvalue weighted by Crippen LogP contribution is 2.21. The second-order valence-corrected chi connectivity index (χ2v) is 6.17. The molecule has 0 aliphatic carbocycles. The van der Waals surface area contributed by atoms with Crippen LogP contribution in [-0.4, -0.2) is 5.91 Å². The van der Waals surface area contributed by atoms with Gasteiger partial charge in [0.2, 0.25) is 0 Å². The maximum absolute atomic E-state index is 12.3. The minimum Gasteiger partial charge on any atom is -0.322 e. The quantitative estimate of drug-likeness (QED) is 0.654. The van der Waals surface area contributed by atoms with Gasteiger partial charge >= 0.3 is 0 Å². The molecule has 0 heterocycles. The van der Waals surface area contributed by atoms with Crippen molar-refractivity contribution in [1.29, 1.82) is 0 Å². The van der Waals surface area contributed by atoms with Crippen molar-refractivity contribution >= 4 is 11.6 Å². The van der Waals surface area contributed by atoms with E-state index in [2.05, 4.69) is 31.3 Å². The molecule has 0 aromatic heterocycles. The molecule has 0 radical (unpaired) electrons. The van der Waals surface area contributed by atoms with Gasteiger partial charge in [0.05, 0.1) is 0 Å². The zero-order valence-electron chi connectivity index (χ0n) is 14.0. The van der Waals surface area contributed by atoms with Crippen molar-refractivity contribution in [2.45, 2.75) is 19.8 Å². The first-order valence-electron chi connectivity index (χ1n) is 8.20. The standard InChI is InChI=1S/C22H21NO/c1-16(2)17-8-10-20(11-9-17)22(24)23-21-14-12-19(13-15-21)18-6-4-3-5-7-18/h3-16H,1-2H3,(H,23,24). The number of rotatable bonds is 4. The molecule has 0 atom stereocenters. The highest BCUT2D eigenvalue weighted by Gasteiger charge is 2.07. The van der Waals surface area contributed by atoms with E-state index in [9.17, 15) is 4.79 Å². The summed E-state index contributed by atoms with van der Waals surface area (Å²) in [6.45, 7) is 4.28. The monoisotopic (exact) mass is 315 g/mol. The van der Waals surface area contributed by atoms with Crippen molar-refractivity contribution in [2.24, 2.45) is 0 Å². The highest BCUT2D eigenvalue weighted by molar-refractivity contribution is 6.04. The molecule has 0 saturated carbocycles. The maximum Gasteiger partial charge on any atom is 0.255 e. The second kappa shape index (κ2) is 7.14. The minimum absolute atomic E-state index is 0.0854. The first-order valence-corrected chi connectivity index (χ1v) is 8.20. The van der Waals surface area contributed by atoms with Crippen molar-refractivity contribution < 1.29 is 4.79 Å². The molecule has 3 rings (SSSR count). The molecule has 0 bridgehead atoms. The zero-order valence-corrected chi connectivity index (χ0v) is 14.0. The van der Waals surface area contributed by atoms with E-state index in [1.807, 2.05) is 66.7 Å². The van der Waals surface area contributed by atoms with Gasteiger partial charge in [-0.25, -0.2) is 0 Å². The van der Waals surface area contributed by atoms with Gasteiger partial charge in [0.1, 0.15) is 0 Å². The van der Waals surface area contributed by atoms with Crippen LogP contribution in [0.2, 0.25) is 0 Å². The first-order chi connectivity index (χ1) is 11.6. The molecule has 0 fully saturated rings. The van der Waals surface area contributed by atoms with E-state index >= 15 is 0 Å². The Morgan fingerprint density at radius 3 is 1.92 bits per heavy atom. The van der Waals surface area contributed by atoms with E-state index in [0.29, 0.717) is 11.5 Å². The van der Waals surface area contributed by atoms with E-state index in [4.69, 9.17) is 0 Å². The molecule has 3 aromatic carbocycles. The van der Waals surface area contributed by atoms with Gasteiger partial charge in [-0.15, -0.1) is 0 Å². The third kappa shape index (κ3) is 3.72. The highest BCUT2D eigenvalue weighted by atomic mass is 16.1. The van der Waals surface area contributed by atoms with Crippen LogP contribution in [0.4, 0.5) is 5.69 Å². The lowest BCUT2D eigenvalue weighted by molar-refractivity contribution is 0.102. The van der Waals surface area contributed by atoms with Crippen LogP contribution < -0.4 is 5.32 Å². The molecule has 0 spiro atoms. The number of anilines is 1. The fraction of sp³-hybridized carbons (Fsp3) is 0.136. The van der Waals surface area contributed by atoms with Crippen molar-refractivity contribution in [3.05, 3.63) is 90.0 Å². The van der Waals surface area contributed by atoms with Crippen LogP contribution >= 0.6 is 0 Å². The summed E-state index contributed by atoms with van der Waals surface area (Å²) >= 11 is 0. The van der Waals surface area contributed by atoms with E-state index in [0.717, 1.165) is 11.3 Å². The van der Waals surface area contributed by atoms with Crippen molar-refractivity contribution in [3.63, 3.8) is 0 Å². The molecule has 120 valence electrons. The topological polar surface area (TPSA) is 29.1 Å². The Balaban J connectivity index is 1.70. The largest absolute Gasteiger partial charge is 0.322 e. The van der Waals surface area contributed by atoms with Crippen LogP contribution in [0.1, 0.15) is 35.7 Å². The van der Waals surface area contributed by atoms with E-state index < -0.39 is 0 Å². The predicted molar refractivity (Wildman–Crippen MR) is 100 cm³/mol. The van der Waals surface area contributed by atoms with Crippen LogP contribution in [0.5, 0.6) is 0 Å². The Labute approximate surface area is 143 Å². The van der Waals surface area contributed by atoms with Crippen LogP contribution in [0, 0.1) is 0 Å². The fourth-order valence-corrected chi connectivity index (χ4v) is 2.60. The van der Waals surface area contributed by atoms with Gasteiger partial charge in [-0.1, -0.05) is 68.4 Å². The molecule has 0 saturated heterocycles. The molecule has 0 aliphatic heterocycles. The zero-order chi connectivity index (χ0) is 16.9. The number of carbonyl (C=O) groups excluding carboxylic acids is 1. The Morgan fingerprint density at radius 1 is 0.750 bits per heavy atom. The molecule has 2 heteroatoms. The molecule has 2 nitrogen and oxygen atoms in total. The fourth-order valence-electron chi connectivity index (χ4n) is 2.60. The average Bonchev–Trinajstić information content (AvgIpc) is 2.63. The number of hydrogen-bond donors (Lipinski definition) is 1. The summed E-state index contributed by atoms with van der Waals surface area (Å²) in [7, 11) is 0. The van der Waals surface area contributed by atoms with Gasteiger partial charge in [0.25, 0.3) is 5.91 Å². The van der Waals surface area contributed by atoms with E-state index in [1.165, 1.54) is 11.1 Å². The summed E-state index contributed by atoms with van der Waals surface area (Å²) < 4.78 is 0. The summed E-state index contributed by atoms with van der Waals surface area (Å²) in [4.78, 5) is 12.3. The van der Waals surface area contributed by atoms with Crippen LogP contribution in [0.3, 0.4) is 0 Å². The third-order valence-corrected chi connectivity index (χ3v) is 4.09. The number of carbonyl (C=O) groups is 1. The summed E-state index contributed by atoms with van der Waals surface area (Å²) in [5.74, 6) is 0.380. The van der Waals surface area contributed by atoms with Gasteiger partial charge in [-0.2, -0.15) is 0 Å². The SMILES string of the molecule is CC(C)c1ccc(C(=O)Nc2ccc(-c3ccccc3)cc2)cc1. The Morgan fingerprint density at radius 2 is 1.33 bits per heavy atom. The molecule has 3 aromatic rings. The lowest BCUT2D eigenvalue weighted by Gasteiger charge is -2.09. The van der Waals surface area contributed by atoms with Crippen molar-refractivity contribution in [1.82, 2.24) is 0 Å². The van der Waals surface area contributed by atoms with Crippen molar-refractivity contribution in [3.8, 4) is 11.1 Å². The van der Waals surface area contributed by atoms with Crippen molar-refractivity contribution in [2.75, 3.05) is 5.32 Å². The lowest BCUT2D eigenvalue weighted by atomic mass is 10.0. The van der Waals surface area contributed by atoms with Gasteiger partial charge in [0, 0.05) is 11.3 Å². The lowest BCUT2D eigenvalue weighted by Crippen LogP contribution is -2.11. The third-order valence-electron chi connectivity index (χ3n) is 4.09. The Kier molecular flexibility index (Phi) is 4.76. The van der Waals surface area contributed by atoms with Gasteiger partial charge in [-0.3, -0.25) is 4.79 Å². The van der Waals surface area contributed by atoms with E-state index in [1.54, 1.807) is 0 Å². The Hall–Kier alpha value is -2.87. The molecular formula is C22H21NO. The average molecular weight is 315 g/mol. The Bertz CT molecular complexity index is 803. The summed E-state index contributed by atoms with van der Waals surface area (Å²) in [6, 6.07) is 25.9. The van der Waals surface area contributed by atoms with Crippen LogP contribution in [-0.2, 0) is 0 Å². The predicted octanol–water partition coefficient (Wildman–Crippen LogP) is 5.73. The van der Waals surface area contributed by atoms with Gasteiger partial charge in [0.15, 0.2) is 0 Å².